The molecule has 2 heterocycles. The number of fused-ring (bicyclic) bond motifs is 1. The van der Waals surface area contributed by atoms with Crippen LogP contribution in [0.25, 0.3) is 6.08 Å². The normalized spacial score (nSPS) is 20.4. The minimum atomic E-state index is -0.332. The van der Waals surface area contributed by atoms with E-state index in [9.17, 15) is 14.0 Å². The number of amides is 2. The fourth-order valence-electron chi connectivity index (χ4n) is 5.58. The summed E-state index contributed by atoms with van der Waals surface area (Å²) in [4.78, 5) is 31.9. The number of carbonyl (C=O) groups excluding carboxylic acids is 2. The number of para-hydroxylation sites is 1. The maximum Gasteiger partial charge on any atom is 0.265 e. The highest BCUT2D eigenvalue weighted by Gasteiger charge is 2.29. The van der Waals surface area contributed by atoms with E-state index in [1.54, 1.807) is 35.2 Å². The fourth-order valence-corrected chi connectivity index (χ4v) is 6.64. The van der Waals surface area contributed by atoms with Crippen molar-refractivity contribution in [3.8, 4) is 0 Å². The van der Waals surface area contributed by atoms with E-state index in [-0.39, 0.29) is 24.2 Å². The summed E-state index contributed by atoms with van der Waals surface area (Å²) >= 11 is 1.41. The Morgan fingerprint density at radius 2 is 1.70 bits per heavy atom. The van der Waals surface area contributed by atoms with Crippen LogP contribution in [0, 0.1) is 5.82 Å². The highest BCUT2D eigenvalue weighted by atomic mass is 32.2. The Balaban J connectivity index is 1.23. The predicted octanol–water partition coefficient (Wildman–Crippen LogP) is 6.89. The third-order valence-corrected chi connectivity index (χ3v) is 8.92. The van der Waals surface area contributed by atoms with Gasteiger partial charge >= 0.3 is 0 Å². The molecule has 2 aliphatic heterocycles. The Morgan fingerprint density at radius 3 is 2.45 bits per heavy atom. The summed E-state index contributed by atoms with van der Waals surface area (Å²) in [6, 6.07) is 22.7. The van der Waals surface area contributed by atoms with E-state index in [1.165, 1.54) is 37.1 Å². The van der Waals surface area contributed by atoms with Crippen LogP contribution in [0.1, 0.15) is 61.0 Å². The van der Waals surface area contributed by atoms with Gasteiger partial charge in [0, 0.05) is 41.2 Å². The maximum absolute atomic E-state index is 14.4. The smallest absolute Gasteiger partial charge is 0.265 e. The number of rotatable bonds is 8. The van der Waals surface area contributed by atoms with E-state index in [4.69, 9.17) is 0 Å². The van der Waals surface area contributed by atoms with Crippen molar-refractivity contribution in [1.29, 1.82) is 0 Å². The summed E-state index contributed by atoms with van der Waals surface area (Å²) in [7, 11) is 0. The van der Waals surface area contributed by atoms with Gasteiger partial charge in [-0.2, -0.15) is 0 Å². The van der Waals surface area contributed by atoms with E-state index in [0.29, 0.717) is 34.7 Å². The van der Waals surface area contributed by atoms with Crippen LogP contribution in [0.15, 0.2) is 82.6 Å². The Kier molecular flexibility index (Phi) is 9.02. The van der Waals surface area contributed by atoms with Crippen molar-refractivity contribution >= 4 is 35.3 Å². The second-order valence-corrected chi connectivity index (χ2v) is 11.7. The van der Waals surface area contributed by atoms with Crippen molar-refractivity contribution in [2.75, 3.05) is 18.0 Å². The van der Waals surface area contributed by atoms with Crippen molar-refractivity contribution in [1.82, 2.24) is 10.2 Å². The van der Waals surface area contributed by atoms with Gasteiger partial charge in [0.2, 0.25) is 0 Å². The zero-order valence-corrected chi connectivity index (χ0v) is 23.9. The van der Waals surface area contributed by atoms with Crippen molar-refractivity contribution in [2.24, 2.45) is 0 Å². The zero-order chi connectivity index (χ0) is 28.1. The third-order valence-electron chi connectivity index (χ3n) is 7.84. The molecule has 3 aromatic rings. The summed E-state index contributed by atoms with van der Waals surface area (Å²) in [6.07, 6.45) is 6.56. The lowest BCUT2D eigenvalue weighted by Gasteiger charge is -2.39. The molecule has 1 saturated heterocycles. The van der Waals surface area contributed by atoms with E-state index >= 15 is 0 Å². The van der Waals surface area contributed by atoms with E-state index in [2.05, 4.69) is 24.1 Å². The van der Waals surface area contributed by atoms with Crippen molar-refractivity contribution in [3.63, 3.8) is 0 Å². The number of thioether (sulfide) groups is 1. The van der Waals surface area contributed by atoms with Gasteiger partial charge in [0.1, 0.15) is 5.82 Å². The number of hydrogen-bond acceptors (Lipinski definition) is 4. The molecular formula is C33H36FN3O2S. The van der Waals surface area contributed by atoms with Crippen LogP contribution in [0.5, 0.6) is 0 Å². The first kappa shape index (κ1) is 28.1. The lowest BCUT2D eigenvalue weighted by Crippen LogP contribution is -2.44. The molecule has 2 amide bonds. The number of piperidine rings is 1. The highest BCUT2D eigenvalue weighted by molar-refractivity contribution is 8.04. The number of hydrogen-bond donors (Lipinski definition) is 1. The predicted molar refractivity (Wildman–Crippen MR) is 161 cm³/mol. The lowest BCUT2D eigenvalue weighted by atomic mass is 9.97. The molecule has 2 aliphatic rings. The van der Waals surface area contributed by atoms with Gasteiger partial charge in [-0.15, -0.1) is 0 Å². The number of anilines is 1. The molecule has 0 aliphatic carbocycles. The Hall–Kier alpha value is -3.42. The molecule has 3 aromatic carbocycles. The molecule has 0 bridgehead atoms. The topological polar surface area (TPSA) is 52.7 Å². The van der Waals surface area contributed by atoms with Crippen LogP contribution in [-0.2, 0) is 11.3 Å². The average molecular weight is 558 g/mol. The van der Waals surface area contributed by atoms with E-state index < -0.39 is 0 Å². The summed E-state index contributed by atoms with van der Waals surface area (Å²) in [5.41, 5.74) is 2.66. The molecule has 0 radical (unpaired) electrons. The van der Waals surface area contributed by atoms with Gasteiger partial charge in [-0.25, -0.2) is 4.39 Å². The Labute approximate surface area is 240 Å². The fraction of sp³-hybridized carbons (Fsp3) is 0.333. The SMILES string of the molecule is C[C@@H]1CCC[C@@H](C)N1CCCNC(=O)c1ccc(/C=C2\Sc3ccccc3N(Cc3ccccc3F)C2=O)cc1. The molecule has 0 unspecified atom stereocenters. The molecule has 0 aromatic heterocycles. The minimum Gasteiger partial charge on any atom is -0.352 e. The van der Waals surface area contributed by atoms with Crippen molar-refractivity contribution < 1.29 is 14.0 Å². The summed E-state index contributed by atoms with van der Waals surface area (Å²) in [6.45, 7) is 6.38. The Morgan fingerprint density at radius 1 is 1.00 bits per heavy atom. The molecular weight excluding hydrogens is 521 g/mol. The summed E-state index contributed by atoms with van der Waals surface area (Å²) in [5, 5.41) is 3.04. The van der Waals surface area contributed by atoms with Crippen molar-refractivity contribution in [3.05, 3.63) is 100 Å². The van der Waals surface area contributed by atoms with E-state index in [1.807, 2.05) is 42.5 Å². The van der Waals surface area contributed by atoms with Crippen LogP contribution < -0.4 is 10.2 Å². The molecule has 1 fully saturated rings. The molecule has 2 atom stereocenters. The second-order valence-electron chi connectivity index (χ2n) is 10.7. The van der Waals surface area contributed by atoms with Gasteiger partial charge in [0.15, 0.2) is 0 Å². The molecule has 5 nitrogen and oxygen atoms in total. The summed E-state index contributed by atoms with van der Waals surface area (Å²) < 4.78 is 14.4. The lowest BCUT2D eigenvalue weighted by molar-refractivity contribution is -0.114. The van der Waals surface area contributed by atoms with Gasteiger partial charge in [0.25, 0.3) is 11.8 Å². The number of carbonyl (C=O) groups is 2. The van der Waals surface area contributed by atoms with Crippen LogP contribution in [-0.4, -0.2) is 41.9 Å². The molecule has 40 heavy (non-hydrogen) atoms. The number of halogens is 1. The first-order valence-corrected chi connectivity index (χ1v) is 14.9. The van der Waals surface area contributed by atoms with Crippen LogP contribution in [0.2, 0.25) is 0 Å². The van der Waals surface area contributed by atoms with E-state index in [0.717, 1.165) is 29.1 Å². The van der Waals surface area contributed by atoms with Gasteiger partial charge < -0.3 is 10.2 Å². The minimum absolute atomic E-state index is 0.0907. The van der Waals surface area contributed by atoms with Crippen LogP contribution >= 0.6 is 11.8 Å². The van der Waals surface area contributed by atoms with Crippen molar-refractivity contribution in [2.45, 2.75) is 63.1 Å². The van der Waals surface area contributed by atoms with Gasteiger partial charge in [0.05, 0.1) is 17.1 Å². The first-order valence-electron chi connectivity index (χ1n) is 14.1. The molecule has 7 heteroatoms. The molecule has 5 rings (SSSR count). The summed E-state index contributed by atoms with van der Waals surface area (Å²) in [5.74, 6) is -0.598. The number of nitrogens with zero attached hydrogens (tertiary/aromatic N) is 2. The quantitative estimate of drug-likeness (QED) is 0.242. The van der Waals surface area contributed by atoms with Gasteiger partial charge in [-0.1, -0.05) is 60.6 Å². The largest absolute Gasteiger partial charge is 0.352 e. The second kappa shape index (κ2) is 12.8. The molecule has 208 valence electrons. The first-order chi connectivity index (χ1) is 19.4. The Bertz CT molecular complexity index is 1380. The maximum atomic E-state index is 14.4. The van der Waals surface area contributed by atoms with Gasteiger partial charge in [-0.3, -0.25) is 14.5 Å². The molecule has 0 spiro atoms. The molecule has 0 saturated carbocycles. The van der Waals surface area contributed by atoms with Crippen LogP contribution in [0.4, 0.5) is 10.1 Å². The standard InChI is InChI=1S/C33H36FN3O2S/c1-23-9-7-10-24(2)36(23)20-8-19-35-32(38)26-17-15-25(16-18-26)21-31-33(39)37(22-27-11-3-4-12-28(27)34)29-13-5-6-14-30(29)40-31/h3-6,11-18,21,23-24H,7-10,19-20,22H2,1-2H3,(H,35,38)/b31-21-/t23-,24-/m1/s1. The zero-order valence-electron chi connectivity index (χ0n) is 23.1. The molecule has 1 N–H and O–H groups in total. The number of nitrogens with one attached hydrogen (secondary N) is 1. The number of likely N-dealkylation sites (tertiary alicyclic amines) is 1. The third kappa shape index (κ3) is 6.48. The average Bonchev–Trinajstić information content (AvgIpc) is 2.96. The number of benzene rings is 3. The van der Waals surface area contributed by atoms with Crippen LogP contribution in [0.3, 0.4) is 0 Å². The highest BCUT2D eigenvalue weighted by Crippen LogP contribution is 2.42. The monoisotopic (exact) mass is 557 g/mol. The van der Waals surface area contributed by atoms with Gasteiger partial charge in [-0.05, 0) is 75.1 Å².